The Morgan fingerprint density at radius 3 is 1.84 bits per heavy atom. The summed E-state index contributed by atoms with van der Waals surface area (Å²) in [5.74, 6) is -3.56. The van der Waals surface area contributed by atoms with E-state index in [0.29, 0.717) is 17.9 Å². The largest absolute Gasteiger partial charge is 0.480 e. The maximum Gasteiger partial charge on any atom is 0.328 e. The average molecular weight is 496 g/mol. The van der Waals surface area contributed by atoms with Crippen LogP contribution < -0.4 is 27.4 Å². The van der Waals surface area contributed by atoms with Crippen LogP contribution in [0.25, 0.3) is 0 Å². The number of thioether (sulfide) groups is 2. The molecule has 5 atom stereocenters. The van der Waals surface area contributed by atoms with Crippen molar-refractivity contribution in [3.05, 3.63) is 0 Å². The summed E-state index contributed by atoms with van der Waals surface area (Å²) >= 11 is 2.88. The van der Waals surface area contributed by atoms with Gasteiger partial charge in [-0.25, -0.2) is 4.79 Å². The molecule has 9 N–H and O–H groups in total. The number of amides is 4. The number of aliphatic hydroxyl groups excluding tert-OH is 1. The third-order valence-corrected chi connectivity index (χ3v) is 5.59. The highest BCUT2D eigenvalue weighted by Crippen LogP contribution is 2.05. The van der Waals surface area contributed by atoms with Crippen LogP contribution in [-0.2, 0) is 24.0 Å². The van der Waals surface area contributed by atoms with Gasteiger partial charge in [-0.15, -0.1) is 0 Å². The van der Waals surface area contributed by atoms with Crippen LogP contribution in [-0.4, -0.2) is 94.1 Å². The Morgan fingerprint density at radius 2 is 1.38 bits per heavy atom. The summed E-state index contributed by atoms with van der Waals surface area (Å²) in [7, 11) is 0. The Balaban J connectivity index is 5.42. The summed E-state index contributed by atoms with van der Waals surface area (Å²) in [4.78, 5) is 60.3. The fraction of sp³-hybridized carbons (Fsp3) is 0.722. The van der Waals surface area contributed by atoms with Crippen molar-refractivity contribution >= 4 is 53.1 Å². The van der Waals surface area contributed by atoms with Gasteiger partial charge in [0.2, 0.25) is 23.6 Å². The summed E-state index contributed by atoms with van der Waals surface area (Å²) in [6.45, 7) is 1.20. The lowest BCUT2D eigenvalue weighted by Gasteiger charge is -2.25. The molecule has 0 heterocycles. The topological polar surface area (TPSA) is 214 Å². The number of carbonyl (C=O) groups excluding carboxylic acids is 4. The average Bonchev–Trinajstić information content (AvgIpc) is 2.71. The summed E-state index contributed by atoms with van der Waals surface area (Å²) in [5, 5.41) is 25.7. The molecule has 4 amide bonds. The van der Waals surface area contributed by atoms with E-state index in [1.165, 1.54) is 30.4 Å². The van der Waals surface area contributed by atoms with Gasteiger partial charge in [-0.1, -0.05) is 0 Å². The predicted molar refractivity (Wildman–Crippen MR) is 123 cm³/mol. The molecule has 0 rings (SSSR count). The Labute approximate surface area is 195 Å². The minimum atomic E-state index is -1.58. The smallest absolute Gasteiger partial charge is 0.328 e. The van der Waals surface area contributed by atoms with Gasteiger partial charge < -0.3 is 37.6 Å². The molecule has 0 aromatic heterocycles. The third kappa shape index (κ3) is 11.5. The van der Waals surface area contributed by atoms with Crippen LogP contribution in [0.5, 0.6) is 0 Å². The van der Waals surface area contributed by atoms with Crippen molar-refractivity contribution in [3.63, 3.8) is 0 Å². The van der Waals surface area contributed by atoms with E-state index in [1.54, 1.807) is 6.26 Å². The molecule has 0 aliphatic rings. The van der Waals surface area contributed by atoms with Crippen molar-refractivity contribution in [1.82, 2.24) is 16.0 Å². The standard InChI is InChI=1S/C18H33N5O7S2/c1-9(24)14(18(29)30)23-16(27)11(5-7-32-3)21-17(28)12(8-13(20)25)22-15(26)10(19)4-6-31-2/h9-12,14,24H,4-8,19H2,1-3H3,(H2,20,25)(H,21,28)(H,22,26)(H,23,27)(H,29,30). The lowest BCUT2D eigenvalue weighted by atomic mass is 10.1. The van der Waals surface area contributed by atoms with Gasteiger partial charge >= 0.3 is 5.97 Å². The highest BCUT2D eigenvalue weighted by Gasteiger charge is 2.32. The van der Waals surface area contributed by atoms with E-state index in [0.717, 1.165) is 0 Å². The number of aliphatic carboxylic acids is 1. The Hall–Kier alpha value is -2.03. The number of aliphatic hydroxyl groups is 1. The molecule has 0 saturated carbocycles. The number of primary amides is 1. The van der Waals surface area contributed by atoms with Crippen molar-refractivity contribution in [1.29, 1.82) is 0 Å². The van der Waals surface area contributed by atoms with Crippen LogP contribution in [0, 0.1) is 0 Å². The van der Waals surface area contributed by atoms with Crippen molar-refractivity contribution in [3.8, 4) is 0 Å². The summed E-state index contributed by atoms with van der Waals surface area (Å²) in [6, 6.07) is -5.01. The molecular weight excluding hydrogens is 462 g/mol. The van der Waals surface area contributed by atoms with E-state index in [4.69, 9.17) is 16.6 Å². The van der Waals surface area contributed by atoms with Crippen molar-refractivity contribution in [2.75, 3.05) is 24.0 Å². The van der Waals surface area contributed by atoms with Gasteiger partial charge in [0.1, 0.15) is 12.1 Å². The van der Waals surface area contributed by atoms with Crippen LogP contribution in [0.1, 0.15) is 26.2 Å². The molecule has 5 unspecified atom stereocenters. The lowest BCUT2D eigenvalue weighted by molar-refractivity contribution is -0.145. The molecule has 0 bridgehead atoms. The molecule has 184 valence electrons. The van der Waals surface area contributed by atoms with Crippen LogP contribution in [0.3, 0.4) is 0 Å². The summed E-state index contributed by atoms with van der Waals surface area (Å²) < 4.78 is 0. The summed E-state index contributed by atoms with van der Waals surface area (Å²) in [5.41, 5.74) is 11.0. The molecule has 12 nitrogen and oxygen atoms in total. The Morgan fingerprint density at radius 1 is 0.875 bits per heavy atom. The van der Waals surface area contributed by atoms with Crippen LogP contribution in [0.2, 0.25) is 0 Å². The minimum absolute atomic E-state index is 0.134. The Bertz CT molecular complexity index is 666. The van der Waals surface area contributed by atoms with E-state index in [-0.39, 0.29) is 6.42 Å². The monoisotopic (exact) mass is 495 g/mol. The first kappa shape index (κ1) is 30.0. The molecule has 0 aliphatic heterocycles. The third-order valence-electron chi connectivity index (χ3n) is 4.30. The first-order valence-corrected chi connectivity index (χ1v) is 12.6. The Kier molecular flexibility index (Phi) is 14.7. The van der Waals surface area contributed by atoms with E-state index in [1.807, 2.05) is 6.26 Å². The molecule has 0 radical (unpaired) electrons. The van der Waals surface area contributed by atoms with Crippen LogP contribution in [0.4, 0.5) is 0 Å². The lowest BCUT2D eigenvalue weighted by Crippen LogP contribution is -2.58. The second kappa shape index (κ2) is 15.7. The molecule has 0 fully saturated rings. The number of carbonyl (C=O) groups is 5. The minimum Gasteiger partial charge on any atom is -0.480 e. The molecule has 14 heteroatoms. The van der Waals surface area contributed by atoms with Gasteiger partial charge in [0.25, 0.3) is 0 Å². The molecule has 0 aromatic rings. The number of nitrogens with two attached hydrogens (primary N) is 2. The number of nitrogens with one attached hydrogen (secondary N) is 3. The maximum atomic E-state index is 12.8. The molecule has 0 aromatic carbocycles. The van der Waals surface area contributed by atoms with Crippen molar-refractivity contribution < 1.29 is 34.2 Å². The van der Waals surface area contributed by atoms with Crippen LogP contribution >= 0.6 is 23.5 Å². The fourth-order valence-electron chi connectivity index (χ4n) is 2.48. The SMILES string of the molecule is CSCCC(N)C(=O)NC(CC(N)=O)C(=O)NC(CCSC)C(=O)NC(C(=O)O)C(C)O. The zero-order valence-corrected chi connectivity index (χ0v) is 20.0. The van der Waals surface area contributed by atoms with Gasteiger partial charge in [0.15, 0.2) is 6.04 Å². The van der Waals surface area contributed by atoms with E-state index >= 15 is 0 Å². The van der Waals surface area contributed by atoms with Gasteiger partial charge in [0, 0.05) is 0 Å². The summed E-state index contributed by atoms with van der Waals surface area (Å²) in [6.07, 6.45) is 2.22. The quantitative estimate of drug-likeness (QED) is 0.121. The first-order chi connectivity index (χ1) is 14.9. The molecule has 0 spiro atoms. The predicted octanol–water partition coefficient (Wildman–Crippen LogP) is -2.38. The highest BCUT2D eigenvalue weighted by molar-refractivity contribution is 7.98. The number of hydrogen-bond donors (Lipinski definition) is 7. The number of hydrogen-bond acceptors (Lipinski definition) is 9. The molecular formula is C18H33N5O7S2. The number of carboxylic acids is 1. The number of carboxylic acid groups (broad SMARTS) is 1. The molecule has 0 saturated heterocycles. The normalized spacial score (nSPS) is 15.5. The second-order valence-corrected chi connectivity index (χ2v) is 9.00. The zero-order valence-electron chi connectivity index (χ0n) is 18.3. The van der Waals surface area contributed by atoms with Crippen molar-refractivity contribution in [2.24, 2.45) is 11.5 Å². The van der Waals surface area contributed by atoms with Gasteiger partial charge in [0.05, 0.1) is 18.6 Å². The van der Waals surface area contributed by atoms with E-state index in [2.05, 4.69) is 16.0 Å². The highest BCUT2D eigenvalue weighted by atomic mass is 32.2. The second-order valence-electron chi connectivity index (χ2n) is 7.03. The molecule has 0 aliphatic carbocycles. The zero-order chi connectivity index (χ0) is 24.8. The van der Waals surface area contributed by atoms with Gasteiger partial charge in [-0.05, 0) is 43.8 Å². The molecule has 32 heavy (non-hydrogen) atoms. The first-order valence-electron chi connectivity index (χ1n) is 9.78. The van der Waals surface area contributed by atoms with Gasteiger partial charge in [-0.2, -0.15) is 23.5 Å². The maximum absolute atomic E-state index is 12.8. The fourth-order valence-corrected chi connectivity index (χ4v) is 3.45. The van der Waals surface area contributed by atoms with E-state index in [9.17, 15) is 29.1 Å². The van der Waals surface area contributed by atoms with Crippen molar-refractivity contribution in [2.45, 2.75) is 56.5 Å². The number of rotatable bonds is 16. The van der Waals surface area contributed by atoms with E-state index < -0.39 is 66.3 Å². The van der Waals surface area contributed by atoms with Gasteiger partial charge in [-0.3, -0.25) is 19.2 Å². The van der Waals surface area contributed by atoms with Crippen LogP contribution in [0.15, 0.2) is 0 Å².